The lowest BCUT2D eigenvalue weighted by Crippen LogP contribution is -2.14. The molecule has 1 aromatic heterocycles. The first-order valence-electron chi connectivity index (χ1n) is 8.04. The van der Waals surface area contributed by atoms with Gasteiger partial charge in [0.05, 0.1) is 5.56 Å². The molecule has 1 heterocycles. The van der Waals surface area contributed by atoms with Crippen molar-refractivity contribution in [1.82, 2.24) is 15.0 Å². The van der Waals surface area contributed by atoms with E-state index in [-0.39, 0.29) is 16.5 Å². The van der Waals surface area contributed by atoms with Crippen molar-refractivity contribution in [3.05, 3.63) is 80.5 Å². The number of rotatable bonds is 6. The molecular formula is C18H12ClF4N3OS2. The van der Waals surface area contributed by atoms with Gasteiger partial charge in [0, 0.05) is 16.5 Å². The lowest BCUT2D eigenvalue weighted by atomic mass is 10.1. The highest BCUT2D eigenvalue weighted by Gasteiger charge is 2.31. The number of thioether (sulfide) groups is 2. The fraction of sp³-hybridized carbons (Fsp3) is 0.167. The highest BCUT2D eigenvalue weighted by molar-refractivity contribution is 7.99. The first-order valence-corrected chi connectivity index (χ1v) is 10.4. The van der Waals surface area contributed by atoms with Gasteiger partial charge in [-0.15, -0.1) is 0 Å². The quantitative estimate of drug-likeness (QED) is 0.384. The molecule has 0 saturated heterocycles. The second-order valence-corrected chi connectivity index (χ2v) is 8.13. The summed E-state index contributed by atoms with van der Waals surface area (Å²) in [7, 11) is 0. The average Bonchev–Trinajstić information content (AvgIpc) is 2.64. The van der Waals surface area contributed by atoms with Gasteiger partial charge in [-0.1, -0.05) is 47.3 Å². The van der Waals surface area contributed by atoms with Crippen LogP contribution in [0.15, 0.2) is 57.6 Å². The lowest BCUT2D eigenvalue weighted by molar-refractivity contribution is -0.137. The molecule has 0 saturated carbocycles. The molecule has 29 heavy (non-hydrogen) atoms. The standard InChI is InChI=1S/C18H12ClF4N3OS2/c19-13-3-1-10(2-4-13)8-28-16-24-15(27)25-17(26-16)29-9-11-5-12(18(21,22)23)7-14(20)6-11/h1-7H,8-9H2,(H,24,25,26,27). The van der Waals surface area contributed by atoms with Gasteiger partial charge in [-0.3, -0.25) is 4.98 Å². The van der Waals surface area contributed by atoms with Crippen LogP contribution in [-0.4, -0.2) is 15.0 Å². The first kappa shape index (κ1) is 21.7. The van der Waals surface area contributed by atoms with Crippen LogP contribution in [0.4, 0.5) is 17.6 Å². The van der Waals surface area contributed by atoms with Crippen molar-refractivity contribution in [1.29, 1.82) is 0 Å². The second-order valence-electron chi connectivity index (χ2n) is 5.79. The molecule has 0 aliphatic rings. The summed E-state index contributed by atoms with van der Waals surface area (Å²) in [5, 5.41) is 1.02. The molecule has 4 nitrogen and oxygen atoms in total. The van der Waals surface area contributed by atoms with E-state index >= 15 is 0 Å². The number of nitrogens with one attached hydrogen (secondary N) is 1. The van der Waals surface area contributed by atoms with E-state index in [4.69, 9.17) is 11.6 Å². The number of aromatic amines is 1. The topological polar surface area (TPSA) is 58.6 Å². The van der Waals surface area contributed by atoms with Gasteiger partial charge >= 0.3 is 11.9 Å². The van der Waals surface area contributed by atoms with Crippen LogP contribution in [0, 0.1) is 5.82 Å². The van der Waals surface area contributed by atoms with Gasteiger partial charge in [0.2, 0.25) is 0 Å². The van der Waals surface area contributed by atoms with Gasteiger partial charge in [0.1, 0.15) is 5.82 Å². The Labute approximate surface area is 176 Å². The molecule has 0 bridgehead atoms. The fourth-order valence-electron chi connectivity index (χ4n) is 2.26. The Morgan fingerprint density at radius 1 is 0.966 bits per heavy atom. The maximum absolute atomic E-state index is 13.5. The molecule has 0 radical (unpaired) electrons. The number of nitrogens with zero attached hydrogens (tertiary/aromatic N) is 2. The second kappa shape index (κ2) is 9.19. The monoisotopic (exact) mass is 461 g/mol. The zero-order valence-corrected chi connectivity index (χ0v) is 16.9. The zero-order valence-electron chi connectivity index (χ0n) is 14.5. The van der Waals surface area contributed by atoms with Crippen LogP contribution in [0.25, 0.3) is 0 Å². The van der Waals surface area contributed by atoms with Crippen molar-refractivity contribution in [2.24, 2.45) is 0 Å². The van der Waals surface area contributed by atoms with E-state index in [9.17, 15) is 22.4 Å². The zero-order chi connectivity index (χ0) is 21.0. The fourth-order valence-corrected chi connectivity index (χ4v) is 4.01. The Balaban J connectivity index is 1.69. The van der Waals surface area contributed by atoms with Crippen LogP contribution < -0.4 is 5.69 Å². The van der Waals surface area contributed by atoms with Crippen molar-refractivity contribution in [2.75, 3.05) is 0 Å². The molecule has 0 unspecified atom stereocenters. The molecule has 3 aromatic rings. The normalized spacial score (nSPS) is 11.6. The molecular weight excluding hydrogens is 450 g/mol. The summed E-state index contributed by atoms with van der Waals surface area (Å²) in [6, 6.07) is 9.47. The van der Waals surface area contributed by atoms with Gasteiger partial charge in [-0.05, 0) is 41.5 Å². The smallest absolute Gasteiger partial charge is 0.285 e. The molecule has 0 aliphatic carbocycles. The van der Waals surface area contributed by atoms with E-state index in [1.165, 1.54) is 11.8 Å². The molecule has 0 spiro atoms. The van der Waals surface area contributed by atoms with Crippen LogP contribution in [0.2, 0.25) is 5.02 Å². The van der Waals surface area contributed by atoms with E-state index in [2.05, 4.69) is 15.0 Å². The highest BCUT2D eigenvalue weighted by atomic mass is 35.5. The number of halogens is 5. The van der Waals surface area contributed by atoms with E-state index in [1.807, 2.05) is 12.1 Å². The Bertz CT molecular complexity index is 1060. The average molecular weight is 462 g/mol. The van der Waals surface area contributed by atoms with Gasteiger partial charge in [-0.2, -0.15) is 23.1 Å². The Kier molecular flexibility index (Phi) is 6.86. The first-order chi connectivity index (χ1) is 13.7. The summed E-state index contributed by atoms with van der Waals surface area (Å²) in [5.74, 6) is -0.486. The number of alkyl halides is 3. The Hall–Kier alpha value is -2.04. The molecule has 11 heteroatoms. The molecule has 2 aromatic carbocycles. The lowest BCUT2D eigenvalue weighted by Gasteiger charge is -2.09. The van der Waals surface area contributed by atoms with E-state index in [0.29, 0.717) is 22.0 Å². The molecule has 1 N–H and O–H groups in total. The summed E-state index contributed by atoms with van der Waals surface area (Å²) in [5.41, 5.74) is -0.621. The van der Waals surface area contributed by atoms with E-state index in [1.54, 1.807) is 12.1 Å². The van der Waals surface area contributed by atoms with Crippen LogP contribution in [-0.2, 0) is 17.7 Å². The van der Waals surface area contributed by atoms with Crippen LogP contribution in [0.3, 0.4) is 0 Å². The van der Waals surface area contributed by atoms with Crippen molar-refractivity contribution >= 4 is 35.1 Å². The number of H-pyrrole nitrogens is 1. The minimum atomic E-state index is -4.65. The Morgan fingerprint density at radius 2 is 1.66 bits per heavy atom. The van der Waals surface area contributed by atoms with Crippen LogP contribution >= 0.6 is 35.1 Å². The van der Waals surface area contributed by atoms with Crippen LogP contribution in [0.1, 0.15) is 16.7 Å². The third-order valence-corrected chi connectivity index (χ3v) is 5.66. The summed E-state index contributed by atoms with van der Waals surface area (Å²) in [4.78, 5) is 22.2. The minimum Gasteiger partial charge on any atom is -0.285 e. The van der Waals surface area contributed by atoms with Gasteiger partial charge in [0.15, 0.2) is 10.3 Å². The van der Waals surface area contributed by atoms with Crippen molar-refractivity contribution in [3.63, 3.8) is 0 Å². The minimum absolute atomic E-state index is 0.0222. The van der Waals surface area contributed by atoms with Crippen molar-refractivity contribution in [2.45, 2.75) is 28.0 Å². The van der Waals surface area contributed by atoms with Crippen LogP contribution in [0.5, 0.6) is 0 Å². The summed E-state index contributed by atoms with van der Waals surface area (Å²) >= 11 is 8.05. The van der Waals surface area contributed by atoms with E-state index < -0.39 is 23.2 Å². The third kappa shape index (κ3) is 6.48. The van der Waals surface area contributed by atoms with Crippen molar-refractivity contribution in [3.8, 4) is 0 Å². The number of aromatic nitrogens is 3. The van der Waals surface area contributed by atoms with Gasteiger partial charge in [-0.25, -0.2) is 9.18 Å². The maximum atomic E-state index is 13.5. The predicted molar refractivity (Wildman–Crippen MR) is 105 cm³/mol. The summed E-state index contributed by atoms with van der Waals surface area (Å²) < 4.78 is 51.9. The maximum Gasteiger partial charge on any atom is 0.416 e. The largest absolute Gasteiger partial charge is 0.416 e. The molecule has 152 valence electrons. The molecule has 0 fully saturated rings. The molecule has 3 rings (SSSR count). The van der Waals surface area contributed by atoms with Crippen molar-refractivity contribution < 1.29 is 17.6 Å². The summed E-state index contributed by atoms with van der Waals surface area (Å²) in [6.07, 6.45) is -4.65. The van der Waals surface area contributed by atoms with Gasteiger partial charge < -0.3 is 0 Å². The molecule has 0 aliphatic heterocycles. The number of hydrogen-bond acceptors (Lipinski definition) is 5. The highest BCUT2D eigenvalue weighted by Crippen LogP contribution is 2.32. The van der Waals surface area contributed by atoms with E-state index in [0.717, 1.165) is 29.5 Å². The molecule has 0 atom stereocenters. The summed E-state index contributed by atoms with van der Waals surface area (Å²) in [6.45, 7) is 0. The van der Waals surface area contributed by atoms with Gasteiger partial charge in [0.25, 0.3) is 0 Å². The predicted octanol–water partition coefficient (Wildman–Crippen LogP) is 5.56. The SMILES string of the molecule is O=c1nc(SCc2cc(F)cc(C(F)(F)F)c2)nc(SCc2ccc(Cl)cc2)[nH]1. The Morgan fingerprint density at radius 3 is 2.34 bits per heavy atom. The number of hydrogen-bond donors (Lipinski definition) is 1. The molecule has 0 amide bonds. The number of benzene rings is 2. The third-order valence-electron chi connectivity index (χ3n) is 3.55.